The molecule has 25 heavy (non-hydrogen) atoms. The van der Waals surface area contributed by atoms with Gasteiger partial charge in [-0.15, -0.1) is 0 Å². The summed E-state index contributed by atoms with van der Waals surface area (Å²) in [4.78, 5) is 13.0. The van der Waals surface area contributed by atoms with Gasteiger partial charge in [-0.2, -0.15) is 5.10 Å². The van der Waals surface area contributed by atoms with E-state index in [9.17, 15) is 4.79 Å². The van der Waals surface area contributed by atoms with Crippen molar-refractivity contribution in [2.75, 3.05) is 0 Å². The number of hydrogen-bond acceptors (Lipinski definition) is 3. The Balaban J connectivity index is 1.71. The molecule has 0 unspecified atom stereocenters. The quantitative estimate of drug-likeness (QED) is 0.624. The first-order valence-electron chi connectivity index (χ1n) is 7.98. The molecule has 0 fully saturated rings. The fraction of sp³-hybridized carbons (Fsp3) is 0.100. The molecule has 1 atom stereocenters. The van der Waals surface area contributed by atoms with Crippen LogP contribution in [0.4, 0.5) is 0 Å². The highest BCUT2D eigenvalue weighted by Crippen LogP contribution is 2.34. The van der Waals surface area contributed by atoms with Crippen molar-refractivity contribution in [3.8, 4) is 0 Å². The molecule has 0 aliphatic carbocycles. The summed E-state index contributed by atoms with van der Waals surface area (Å²) in [6, 6.07) is 20.6. The maximum absolute atomic E-state index is 13.0. The first-order chi connectivity index (χ1) is 12.2. The third kappa shape index (κ3) is 3.15. The Morgan fingerprint density at radius 1 is 1.04 bits per heavy atom. The minimum Gasteiger partial charge on any atom is -0.467 e. The second-order valence-electron chi connectivity index (χ2n) is 5.80. The topological polar surface area (TPSA) is 45.8 Å². The number of benzene rings is 2. The lowest BCUT2D eigenvalue weighted by Crippen LogP contribution is -2.26. The van der Waals surface area contributed by atoms with Gasteiger partial charge in [-0.25, -0.2) is 5.01 Å². The van der Waals surface area contributed by atoms with E-state index < -0.39 is 0 Å². The average Bonchev–Trinajstić information content (AvgIpc) is 3.32. The van der Waals surface area contributed by atoms with Crippen LogP contribution in [0.1, 0.15) is 34.1 Å². The highest BCUT2D eigenvalue weighted by Gasteiger charge is 2.35. The first kappa shape index (κ1) is 15.8. The molecule has 1 amide bonds. The number of furan rings is 1. The minimum absolute atomic E-state index is 0.130. The van der Waals surface area contributed by atoms with Crippen LogP contribution in [0.25, 0.3) is 0 Å². The SMILES string of the molecule is O=C(c1ccccc1)N1N=C(c2ccc(Br)cc2)C[C@H]1c1ccco1. The van der Waals surface area contributed by atoms with Crippen molar-refractivity contribution in [2.45, 2.75) is 12.5 Å². The van der Waals surface area contributed by atoms with Crippen molar-refractivity contribution in [3.05, 3.63) is 94.4 Å². The zero-order valence-corrected chi connectivity index (χ0v) is 14.9. The zero-order chi connectivity index (χ0) is 17.2. The number of amides is 1. The first-order valence-corrected chi connectivity index (χ1v) is 8.77. The van der Waals surface area contributed by atoms with Gasteiger partial charge in [0, 0.05) is 16.5 Å². The number of carbonyl (C=O) groups excluding carboxylic acids is 1. The molecule has 1 aliphatic heterocycles. The van der Waals surface area contributed by atoms with Crippen molar-refractivity contribution in [3.63, 3.8) is 0 Å². The Morgan fingerprint density at radius 3 is 2.48 bits per heavy atom. The summed E-state index contributed by atoms with van der Waals surface area (Å²) in [5.41, 5.74) is 2.49. The Bertz CT molecular complexity index is 903. The smallest absolute Gasteiger partial charge is 0.274 e. The van der Waals surface area contributed by atoms with Crippen molar-refractivity contribution < 1.29 is 9.21 Å². The van der Waals surface area contributed by atoms with Gasteiger partial charge in [-0.05, 0) is 42.0 Å². The Labute approximate surface area is 153 Å². The van der Waals surface area contributed by atoms with Crippen molar-refractivity contribution in [2.24, 2.45) is 5.10 Å². The Morgan fingerprint density at radius 2 is 1.80 bits per heavy atom. The summed E-state index contributed by atoms with van der Waals surface area (Å²) in [6.07, 6.45) is 2.24. The van der Waals surface area contributed by atoms with Crippen molar-refractivity contribution in [1.82, 2.24) is 5.01 Å². The second-order valence-corrected chi connectivity index (χ2v) is 6.72. The lowest BCUT2D eigenvalue weighted by atomic mass is 10.0. The van der Waals surface area contributed by atoms with Crippen molar-refractivity contribution in [1.29, 1.82) is 0 Å². The van der Waals surface area contributed by atoms with Gasteiger partial charge in [0.05, 0.1) is 12.0 Å². The van der Waals surface area contributed by atoms with Gasteiger partial charge < -0.3 is 4.42 Å². The van der Waals surface area contributed by atoms with Gasteiger partial charge >= 0.3 is 0 Å². The van der Waals surface area contributed by atoms with Crippen LogP contribution in [0.2, 0.25) is 0 Å². The monoisotopic (exact) mass is 394 g/mol. The van der Waals surface area contributed by atoms with Gasteiger partial charge in [0.1, 0.15) is 11.8 Å². The molecular formula is C20H15BrN2O2. The van der Waals surface area contributed by atoms with E-state index in [0.29, 0.717) is 12.0 Å². The van der Waals surface area contributed by atoms with Gasteiger partial charge in [0.2, 0.25) is 0 Å². The molecule has 4 nitrogen and oxygen atoms in total. The molecule has 0 N–H and O–H groups in total. The van der Waals surface area contributed by atoms with Crippen LogP contribution in [-0.4, -0.2) is 16.6 Å². The van der Waals surface area contributed by atoms with Gasteiger partial charge in [0.25, 0.3) is 5.91 Å². The molecule has 0 bridgehead atoms. The van der Waals surface area contributed by atoms with Crippen LogP contribution in [-0.2, 0) is 0 Å². The van der Waals surface area contributed by atoms with Crippen LogP contribution in [0.3, 0.4) is 0 Å². The molecule has 124 valence electrons. The van der Waals surface area contributed by atoms with E-state index in [2.05, 4.69) is 21.0 Å². The van der Waals surface area contributed by atoms with E-state index in [0.717, 1.165) is 21.5 Å². The van der Waals surface area contributed by atoms with E-state index in [1.165, 1.54) is 5.01 Å². The number of nitrogens with zero attached hydrogens (tertiary/aromatic N) is 2. The van der Waals surface area contributed by atoms with Gasteiger partial charge in [-0.1, -0.05) is 46.3 Å². The standard InChI is InChI=1S/C20H15BrN2O2/c21-16-10-8-14(9-11-16)17-13-18(19-7-4-12-25-19)23(22-17)20(24)15-5-2-1-3-6-15/h1-12,18H,13H2/t18-/m0/s1. The lowest BCUT2D eigenvalue weighted by molar-refractivity contribution is 0.0693. The Hall–Kier alpha value is -2.66. The molecule has 4 rings (SSSR count). The van der Waals surface area contributed by atoms with Crippen LogP contribution >= 0.6 is 15.9 Å². The van der Waals surface area contributed by atoms with E-state index in [-0.39, 0.29) is 11.9 Å². The van der Waals surface area contributed by atoms with E-state index in [1.54, 1.807) is 18.4 Å². The molecule has 5 heteroatoms. The maximum Gasteiger partial charge on any atom is 0.274 e. The predicted octanol–water partition coefficient (Wildman–Crippen LogP) is 5.03. The number of rotatable bonds is 3. The second kappa shape index (κ2) is 6.69. The summed E-state index contributed by atoms with van der Waals surface area (Å²) in [5, 5.41) is 6.16. The average molecular weight is 395 g/mol. The predicted molar refractivity (Wildman–Crippen MR) is 99.4 cm³/mol. The third-order valence-corrected chi connectivity index (χ3v) is 4.72. The number of hydrazone groups is 1. The number of carbonyl (C=O) groups is 1. The van der Waals surface area contributed by atoms with E-state index >= 15 is 0 Å². The van der Waals surface area contributed by atoms with E-state index in [4.69, 9.17) is 4.42 Å². The fourth-order valence-corrected chi connectivity index (χ4v) is 3.19. The number of hydrogen-bond donors (Lipinski definition) is 0. The highest BCUT2D eigenvalue weighted by atomic mass is 79.9. The molecule has 3 aromatic rings. The largest absolute Gasteiger partial charge is 0.467 e. The zero-order valence-electron chi connectivity index (χ0n) is 13.3. The summed E-state index contributed by atoms with van der Waals surface area (Å²) < 4.78 is 6.57. The molecule has 1 aliphatic rings. The summed E-state index contributed by atoms with van der Waals surface area (Å²) in [7, 11) is 0. The normalized spacial score (nSPS) is 16.8. The third-order valence-electron chi connectivity index (χ3n) is 4.19. The molecule has 0 saturated carbocycles. The molecular weight excluding hydrogens is 380 g/mol. The summed E-state index contributed by atoms with van der Waals surface area (Å²) in [5.74, 6) is 0.606. The van der Waals surface area contributed by atoms with Gasteiger partial charge in [-0.3, -0.25) is 4.79 Å². The maximum atomic E-state index is 13.0. The fourth-order valence-electron chi connectivity index (χ4n) is 2.93. The minimum atomic E-state index is -0.235. The van der Waals surface area contributed by atoms with E-state index in [1.807, 2.05) is 54.6 Å². The molecule has 1 aromatic heterocycles. The Kier molecular flexibility index (Phi) is 4.24. The summed E-state index contributed by atoms with van der Waals surface area (Å²) in [6.45, 7) is 0. The van der Waals surface area contributed by atoms with Crippen LogP contribution in [0, 0.1) is 0 Å². The number of halogens is 1. The van der Waals surface area contributed by atoms with Gasteiger partial charge in [0.15, 0.2) is 0 Å². The summed E-state index contributed by atoms with van der Waals surface area (Å²) >= 11 is 3.44. The molecule has 0 saturated heterocycles. The molecule has 0 radical (unpaired) electrons. The highest BCUT2D eigenvalue weighted by molar-refractivity contribution is 9.10. The van der Waals surface area contributed by atoms with Crippen LogP contribution < -0.4 is 0 Å². The van der Waals surface area contributed by atoms with Crippen molar-refractivity contribution >= 4 is 27.5 Å². The molecule has 2 aromatic carbocycles. The molecule has 0 spiro atoms. The van der Waals surface area contributed by atoms with Crippen LogP contribution in [0.5, 0.6) is 0 Å². The van der Waals surface area contributed by atoms with Crippen LogP contribution in [0.15, 0.2) is 87.0 Å². The lowest BCUT2D eigenvalue weighted by Gasteiger charge is -2.19. The molecule has 2 heterocycles.